The van der Waals surface area contributed by atoms with Gasteiger partial charge in [-0.15, -0.1) is 0 Å². The molecule has 1 rings (SSSR count). The Balaban J connectivity index is 2.19. The number of rotatable bonds is 5. The molecule has 0 amide bonds. The van der Waals surface area contributed by atoms with Crippen LogP contribution in [0.5, 0.6) is 0 Å². The van der Waals surface area contributed by atoms with E-state index in [-0.39, 0.29) is 18.4 Å². The van der Waals surface area contributed by atoms with Crippen LogP contribution in [-0.2, 0) is 0 Å². The Hall–Kier alpha value is -0.290. The van der Waals surface area contributed by atoms with Crippen LogP contribution in [0.1, 0.15) is 39.0 Å². The van der Waals surface area contributed by atoms with Crippen molar-refractivity contribution >= 4 is 0 Å². The van der Waals surface area contributed by atoms with Crippen molar-refractivity contribution in [2.45, 2.75) is 45.2 Å². The highest BCUT2D eigenvalue weighted by Crippen LogP contribution is 2.29. The van der Waals surface area contributed by atoms with Gasteiger partial charge < -0.3 is 10.0 Å². The van der Waals surface area contributed by atoms with Crippen molar-refractivity contribution < 1.29 is 18.3 Å². The summed E-state index contributed by atoms with van der Waals surface area (Å²) in [5.41, 5.74) is -0.0672. The number of unbranched alkanes of at least 4 members (excludes halogenated alkanes) is 1. The van der Waals surface area contributed by atoms with E-state index >= 15 is 0 Å². The molecule has 1 unspecified atom stereocenters. The van der Waals surface area contributed by atoms with Crippen molar-refractivity contribution in [1.29, 1.82) is 0 Å². The molecule has 0 aromatic rings. The summed E-state index contributed by atoms with van der Waals surface area (Å²) in [6.07, 6.45) is -1.89. The van der Waals surface area contributed by atoms with Crippen molar-refractivity contribution in [3.8, 4) is 0 Å². The van der Waals surface area contributed by atoms with Crippen LogP contribution >= 0.6 is 0 Å². The van der Waals surface area contributed by atoms with Gasteiger partial charge in [-0.25, -0.2) is 0 Å². The molecule has 2 nitrogen and oxygen atoms in total. The fraction of sp³-hybridized carbons (Fsp3) is 1.00. The minimum atomic E-state index is -4.03. The minimum absolute atomic E-state index is 0.0672. The predicted molar refractivity (Wildman–Crippen MR) is 60.8 cm³/mol. The summed E-state index contributed by atoms with van der Waals surface area (Å²) in [5, 5.41) is 9.27. The first-order valence-corrected chi connectivity index (χ1v) is 6.25. The molecule has 0 aliphatic carbocycles. The van der Waals surface area contributed by atoms with Gasteiger partial charge in [-0.1, -0.05) is 6.92 Å². The highest BCUT2D eigenvalue weighted by Gasteiger charge is 2.30. The SMILES string of the molecule is CC1(CO)CCCN(CCCCC(F)(F)F)C1. The molecule has 5 heteroatoms. The zero-order valence-electron chi connectivity index (χ0n) is 10.4. The average molecular weight is 253 g/mol. The number of piperidine rings is 1. The van der Waals surface area contributed by atoms with E-state index in [0.29, 0.717) is 13.0 Å². The molecule has 1 fully saturated rings. The van der Waals surface area contributed by atoms with Crippen molar-refractivity contribution in [2.75, 3.05) is 26.2 Å². The number of hydrogen-bond acceptors (Lipinski definition) is 2. The van der Waals surface area contributed by atoms with Crippen molar-refractivity contribution in [3.05, 3.63) is 0 Å². The van der Waals surface area contributed by atoms with E-state index in [9.17, 15) is 18.3 Å². The highest BCUT2D eigenvalue weighted by molar-refractivity contribution is 4.82. The van der Waals surface area contributed by atoms with Crippen LogP contribution in [0.4, 0.5) is 13.2 Å². The van der Waals surface area contributed by atoms with Crippen LogP contribution in [0.2, 0.25) is 0 Å². The maximum absolute atomic E-state index is 12.0. The summed E-state index contributed by atoms with van der Waals surface area (Å²) < 4.78 is 35.9. The molecule has 1 N–H and O–H groups in total. The second-order valence-electron chi connectivity index (χ2n) is 5.42. The smallest absolute Gasteiger partial charge is 0.389 e. The van der Waals surface area contributed by atoms with Gasteiger partial charge in [-0.3, -0.25) is 0 Å². The van der Waals surface area contributed by atoms with Crippen molar-refractivity contribution in [1.82, 2.24) is 4.90 Å². The van der Waals surface area contributed by atoms with Gasteiger partial charge in [0.15, 0.2) is 0 Å². The maximum atomic E-state index is 12.0. The Labute approximate surface area is 101 Å². The first-order valence-electron chi connectivity index (χ1n) is 6.25. The summed E-state index contributed by atoms with van der Waals surface area (Å²) >= 11 is 0. The van der Waals surface area contributed by atoms with Crippen LogP contribution in [0.15, 0.2) is 0 Å². The maximum Gasteiger partial charge on any atom is 0.389 e. The van der Waals surface area contributed by atoms with Crippen molar-refractivity contribution in [3.63, 3.8) is 0 Å². The molecule has 0 saturated carbocycles. The van der Waals surface area contributed by atoms with Gasteiger partial charge in [-0.2, -0.15) is 13.2 Å². The van der Waals surface area contributed by atoms with Gasteiger partial charge in [0.05, 0.1) is 0 Å². The molecule has 1 aliphatic heterocycles. The predicted octanol–water partition coefficient (Wildman–Crippen LogP) is 2.81. The van der Waals surface area contributed by atoms with Crippen LogP contribution in [0.3, 0.4) is 0 Å². The number of hydrogen-bond donors (Lipinski definition) is 1. The lowest BCUT2D eigenvalue weighted by molar-refractivity contribution is -0.135. The third-order valence-electron chi connectivity index (χ3n) is 3.43. The number of halogens is 3. The topological polar surface area (TPSA) is 23.5 Å². The van der Waals surface area contributed by atoms with Gasteiger partial charge in [-0.05, 0) is 38.8 Å². The summed E-state index contributed by atoms with van der Waals surface area (Å²) in [7, 11) is 0. The van der Waals surface area contributed by atoms with Gasteiger partial charge in [0.25, 0.3) is 0 Å². The van der Waals surface area contributed by atoms with Crippen LogP contribution in [-0.4, -0.2) is 42.4 Å². The molecular formula is C12H22F3NO. The molecule has 17 heavy (non-hydrogen) atoms. The fourth-order valence-corrected chi connectivity index (χ4v) is 2.41. The number of likely N-dealkylation sites (tertiary alicyclic amines) is 1. The number of aliphatic hydroxyl groups excluding tert-OH is 1. The third kappa shape index (κ3) is 5.73. The lowest BCUT2D eigenvalue weighted by atomic mass is 9.83. The van der Waals surface area contributed by atoms with E-state index in [4.69, 9.17) is 0 Å². The van der Waals surface area contributed by atoms with Crippen LogP contribution in [0, 0.1) is 5.41 Å². The largest absolute Gasteiger partial charge is 0.396 e. The molecule has 0 aromatic carbocycles. The van der Waals surface area contributed by atoms with E-state index in [1.165, 1.54) is 0 Å². The van der Waals surface area contributed by atoms with Gasteiger partial charge in [0.1, 0.15) is 0 Å². The standard InChI is InChI=1S/C12H22F3NO/c1-11(10-17)5-4-8-16(9-11)7-3-2-6-12(13,14)15/h17H,2-10H2,1H3. The first kappa shape index (κ1) is 14.8. The summed E-state index contributed by atoms with van der Waals surface area (Å²) in [6, 6.07) is 0. The Morgan fingerprint density at radius 3 is 2.59 bits per heavy atom. The summed E-state index contributed by atoms with van der Waals surface area (Å²) in [5.74, 6) is 0. The first-order chi connectivity index (χ1) is 7.85. The molecule has 0 aromatic heterocycles. The lowest BCUT2D eigenvalue weighted by Gasteiger charge is -2.39. The lowest BCUT2D eigenvalue weighted by Crippen LogP contribution is -2.43. The van der Waals surface area contributed by atoms with Gasteiger partial charge in [0.2, 0.25) is 0 Å². The summed E-state index contributed by atoms with van der Waals surface area (Å²) in [4.78, 5) is 2.18. The number of aliphatic hydroxyl groups is 1. The molecule has 102 valence electrons. The third-order valence-corrected chi connectivity index (χ3v) is 3.43. The fourth-order valence-electron chi connectivity index (χ4n) is 2.41. The monoisotopic (exact) mass is 253 g/mol. The second kappa shape index (κ2) is 6.05. The molecule has 1 atom stereocenters. The summed E-state index contributed by atoms with van der Waals surface area (Å²) in [6.45, 7) is 4.66. The highest BCUT2D eigenvalue weighted by atomic mass is 19.4. The van der Waals surface area contributed by atoms with Gasteiger partial charge >= 0.3 is 6.18 Å². The number of alkyl halides is 3. The molecule has 1 saturated heterocycles. The molecular weight excluding hydrogens is 231 g/mol. The van der Waals surface area contributed by atoms with Crippen LogP contribution in [0.25, 0.3) is 0 Å². The minimum Gasteiger partial charge on any atom is -0.396 e. The molecule has 1 aliphatic rings. The average Bonchev–Trinajstić information content (AvgIpc) is 2.24. The Kier molecular flexibility index (Phi) is 5.25. The molecule has 1 heterocycles. The number of nitrogens with zero attached hydrogens (tertiary/aromatic N) is 1. The molecule has 0 spiro atoms. The Bertz CT molecular complexity index is 232. The zero-order valence-corrected chi connectivity index (χ0v) is 10.4. The second-order valence-corrected chi connectivity index (χ2v) is 5.42. The molecule has 0 bridgehead atoms. The molecule has 0 radical (unpaired) electrons. The van der Waals surface area contributed by atoms with Gasteiger partial charge in [0, 0.05) is 25.0 Å². The van der Waals surface area contributed by atoms with E-state index in [2.05, 4.69) is 4.90 Å². The van der Waals surface area contributed by atoms with E-state index < -0.39 is 12.6 Å². The Morgan fingerprint density at radius 1 is 1.29 bits per heavy atom. The van der Waals surface area contributed by atoms with E-state index in [1.54, 1.807) is 0 Å². The van der Waals surface area contributed by atoms with E-state index in [0.717, 1.165) is 25.9 Å². The van der Waals surface area contributed by atoms with Crippen LogP contribution < -0.4 is 0 Å². The van der Waals surface area contributed by atoms with Crippen molar-refractivity contribution in [2.24, 2.45) is 5.41 Å². The van der Waals surface area contributed by atoms with E-state index in [1.807, 2.05) is 6.92 Å². The quantitative estimate of drug-likeness (QED) is 0.762. The zero-order chi connectivity index (χ0) is 12.9. The Morgan fingerprint density at radius 2 is 2.00 bits per heavy atom. The normalized spacial score (nSPS) is 27.4.